The molecule has 0 amide bonds. The van der Waals surface area contributed by atoms with E-state index in [2.05, 4.69) is 11.9 Å². The summed E-state index contributed by atoms with van der Waals surface area (Å²) in [6.07, 6.45) is 5.39. The number of ether oxygens (including phenoxy) is 1. The SMILES string of the molecule is CCCCSc1nc(=O)n(-c2ccc(OCC)cc2)c2c1CCC2. The maximum absolute atomic E-state index is 12.7. The molecule has 3 rings (SSSR count). The highest BCUT2D eigenvalue weighted by molar-refractivity contribution is 7.99. The molecule has 0 saturated heterocycles. The second-order valence-corrected chi connectivity index (χ2v) is 7.03. The van der Waals surface area contributed by atoms with Gasteiger partial charge >= 0.3 is 5.69 Å². The van der Waals surface area contributed by atoms with Gasteiger partial charge in [0.2, 0.25) is 0 Å². The van der Waals surface area contributed by atoms with Gasteiger partial charge in [-0.1, -0.05) is 13.3 Å². The van der Waals surface area contributed by atoms with Crippen molar-refractivity contribution in [3.8, 4) is 11.4 Å². The Balaban J connectivity index is 1.97. The third kappa shape index (κ3) is 3.51. The molecule has 0 radical (unpaired) electrons. The van der Waals surface area contributed by atoms with Crippen LogP contribution in [0, 0.1) is 0 Å². The molecule has 24 heavy (non-hydrogen) atoms. The molecule has 128 valence electrons. The fraction of sp³-hybridized carbons (Fsp3) is 0.474. The molecule has 0 fully saturated rings. The molecule has 1 aromatic carbocycles. The number of hydrogen-bond acceptors (Lipinski definition) is 4. The van der Waals surface area contributed by atoms with Gasteiger partial charge in [0.25, 0.3) is 0 Å². The monoisotopic (exact) mass is 344 g/mol. The van der Waals surface area contributed by atoms with Gasteiger partial charge in [0, 0.05) is 11.3 Å². The molecule has 0 atom stereocenters. The first-order chi connectivity index (χ1) is 11.7. The summed E-state index contributed by atoms with van der Waals surface area (Å²) in [4.78, 5) is 17.0. The fourth-order valence-corrected chi connectivity index (χ4v) is 4.24. The summed E-state index contributed by atoms with van der Waals surface area (Å²) < 4.78 is 7.27. The number of rotatable bonds is 7. The summed E-state index contributed by atoms with van der Waals surface area (Å²) in [6.45, 7) is 4.78. The van der Waals surface area contributed by atoms with E-state index in [-0.39, 0.29) is 5.69 Å². The highest BCUT2D eigenvalue weighted by Crippen LogP contribution is 2.31. The average molecular weight is 344 g/mol. The summed E-state index contributed by atoms with van der Waals surface area (Å²) in [7, 11) is 0. The van der Waals surface area contributed by atoms with Crippen molar-refractivity contribution >= 4 is 11.8 Å². The van der Waals surface area contributed by atoms with Crippen molar-refractivity contribution in [2.75, 3.05) is 12.4 Å². The van der Waals surface area contributed by atoms with E-state index in [1.54, 1.807) is 16.3 Å². The van der Waals surface area contributed by atoms with Gasteiger partial charge in [-0.05, 0) is 62.6 Å². The van der Waals surface area contributed by atoms with E-state index in [1.807, 2.05) is 31.2 Å². The van der Waals surface area contributed by atoms with Gasteiger partial charge in [-0.2, -0.15) is 4.98 Å². The maximum Gasteiger partial charge on any atom is 0.353 e. The van der Waals surface area contributed by atoms with Crippen LogP contribution >= 0.6 is 11.8 Å². The van der Waals surface area contributed by atoms with Gasteiger partial charge in [0.15, 0.2) is 0 Å². The second-order valence-electron chi connectivity index (χ2n) is 5.94. The Bertz CT molecular complexity index is 753. The van der Waals surface area contributed by atoms with E-state index >= 15 is 0 Å². The summed E-state index contributed by atoms with van der Waals surface area (Å²) in [5.74, 6) is 1.85. The first kappa shape index (κ1) is 17.1. The van der Waals surface area contributed by atoms with Crippen molar-refractivity contribution in [3.63, 3.8) is 0 Å². The lowest BCUT2D eigenvalue weighted by Crippen LogP contribution is -2.25. The highest BCUT2D eigenvalue weighted by Gasteiger charge is 2.22. The lowest BCUT2D eigenvalue weighted by Gasteiger charge is -2.14. The first-order valence-corrected chi connectivity index (χ1v) is 9.74. The number of benzene rings is 1. The average Bonchev–Trinajstić information content (AvgIpc) is 3.06. The minimum Gasteiger partial charge on any atom is -0.494 e. The normalized spacial score (nSPS) is 13.1. The summed E-state index contributed by atoms with van der Waals surface area (Å²) in [5.41, 5.74) is 3.11. The minimum atomic E-state index is -0.168. The summed E-state index contributed by atoms with van der Waals surface area (Å²) in [5, 5.41) is 0.947. The largest absolute Gasteiger partial charge is 0.494 e. The highest BCUT2D eigenvalue weighted by atomic mass is 32.2. The van der Waals surface area contributed by atoms with E-state index in [0.29, 0.717) is 6.61 Å². The van der Waals surface area contributed by atoms with Crippen LogP contribution in [0.1, 0.15) is 44.4 Å². The Kier molecular flexibility index (Phi) is 5.61. The lowest BCUT2D eigenvalue weighted by atomic mass is 10.2. The molecule has 5 heteroatoms. The van der Waals surface area contributed by atoms with Crippen molar-refractivity contribution in [3.05, 3.63) is 46.0 Å². The molecule has 0 saturated carbocycles. The fourth-order valence-electron chi connectivity index (χ4n) is 3.08. The molecule has 1 aliphatic rings. The molecular formula is C19H24N2O2S. The lowest BCUT2D eigenvalue weighted by molar-refractivity contribution is 0.340. The molecule has 1 aromatic heterocycles. The second kappa shape index (κ2) is 7.88. The zero-order chi connectivity index (χ0) is 16.9. The molecule has 1 heterocycles. The van der Waals surface area contributed by atoms with Gasteiger partial charge in [-0.15, -0.1) is 11.8 Å². The van der Waals surface area contributed by atoms with Crippen LogP contribution in [0.3, 0.4) is 0 Å². The van der Waals surface area contributed by atoms with Gasteiger partial charge < -0.3 is 4.74 Å². The van der Waals surface area contributed by atoms with Crippen molar-refractivity contribution in [2.24, 2.45) is 0 Å². The Morgan fingerprint density at radius 2 is 2.00 bits per heavy atom. The zero-order valence-corrected chi connectivity index (χ0v) is 15.2. The third-order valence-electron chi connectivity index (χ3n) is 4.25. The molecule has 4 nitrogen and oxygen atoms in total. The van der Waals surface area contributed by atoms with Gasteiger partial charge in [0.05, 0.1) is 12.3 Å². The van der Waals surface area contributed by atoms with Gasteiger partial charge in [0.1, 0.15) is 10.8 Å². The number of fused-ring (bicyclic) bond motifs is 1. The third-order valence-corrected chi connectivity index (χ3v) is 5.35. The number of nitrogens with zero attached hydrogens (tertiary/aromatic N) is 2. The van der Waals surface area contributed by atoms with Crippen LogP contribution in [0.15, 0.2) is 34.1 Å². The van der Waals surface area contributed by atoms with Gasteiger partial charge in [-0.25, -0.2) is 4.79 Å². The number of aromatic nitrogens is 2. The number of unbranched alkanes of at least 4 members (excludes halogenated alkanes) is 1. The van der Waals surface area contributed by atoms with Crippen LogP contribution in [0.5, 0.6) is 5.75 Å². The van der Waals surface area contributed by atoms with Crippen LogP contribution < -0.4 is 10.4 Å². The topological polar surface area (TPSA) is 44.1 Å². The standard InChI is InChI=1S/C19H24N2O2S/c1-3-5-13-24-18-16-7-6-8-17(16)21(19(22)20-18)14-9-11-15(12-10-14)23-4-2/h9-12H,3-8,13H2,1-2H3. The number of thioether (sulfide) groups is 1. The number of hydrogen-bond donors (Lipinski definition) is 0. The predicted molar refractivity (Wildman–Crippen MR) is 98.7 cm³/mol. The predicted octanol–water partition coefficient (Wildman–Crippen LogP) is 4.01. The van der Waals surface area contributed by atoms with Gasteiger partial charge in [-0.3, -0.25) is 4.57 Å². The van der Waals surface area contributed by atoms with E-state index in [4.69, 9.17) is 4.74 Å². The Hall–Kier alpha value is -1.75. The molecular weight excluding hydrogens is 320 g/mol. The molecule has 0 aliphatic heterocycles. The summed E-state index contributed by atoms with van der Waals surface area (Å²) in [6, 6.07) is 7.71. The molecule has 0 N–H and O–H groups in total. The quantitative estimate of drug-likeness (QED) is 0.432. The van der Waals surface area contributed by atoms with Crippen molar-refractivity contribution in [1.82, 2.24) is 9.55 Å². The Labute approximate surface area is 147 Å². The van der Waals surface area contributed by atoms with E-state index in [1.165, 1.54) is 12.0 Å². The molecule has 0 bridgehead atoms. The Morgan fingerprint density at radius 1 is 1.21 bits per heavy atom. The van der Waals surface area contributed by atoms with E-state index in [9.17, 15) is 4.79 Å². The van der Waals surface area contributed by atoms with E-state index < -0.39 is 0 Å². The van der Waals surface area contributed by atoms with Crippen LogP contribution in [-0.2, 0) is 12.8 Å². The zero-order valence-electron chi connectivity index (χ0n) is 14.4. The maximum atomic E-state index is 12.7. The molecule has 0 spiro atoms. The van der Waals surface area contributed by atoms with Crippen LogP contribution in [0.25, 0.3) is 5.69 Å². The smallest absolute Gasteiger partial charge is 0.353 e. The van der Waals surface area contributed by atoms with Crippen molar-refractivity contribution < 1.29 is 4.74 Å². The van der Waals surface area contributed by atoms with Crippen molar-refractivity contribution in [1.29, 1.82) is 0 Å². The summed E-state index contributed by atoms with van der Waals surface area (Å²) >= 11 is 1.73. The molecule has 2 aromatic rings. The molecule has 0 unspecified atom stereocenters. The van der Waals surface area contributed by atoms with Crippen molar-refractivity contribution in [2.45, 2.75) is 51.0 Å². The minimum absolute atomic E-state index is 0.168. The van der Waals surface area contributed by atoms with E-state index in [0.717, 1.165) is 53.6 Å². The first-order valence-electron chi connectivity index (χ1n) is 8.75. The molecule has 1 aliphatic carbocycles. The van der Waals surface area contributed by atoms with Crippen LogP contribution in [0.4, 0.5) is 0 Å². The van der Waals surface area contributed by atoms with Crippen LogP contribution in [0.2, 0.25) is 0 Å². The van der Waals surface area contributed by atoms with Crippen LogP contribution in [-0.4, -0.2) is 21.9 Å². The Morgan fingerprint density at radius 3 is 2.71 bits per heavy atom.